The highest BCUT2D eigenvalue weighted by atomic mass is 32.2. The summed E-state index contributed by atoms with van der Waals surface area (Å²) < 4.78 is 30.9. The number of anilines is 1. The Hall–Kier alpha value is -3.52. The van der Waals surface area contributed by atoms with E-state index in [1.54, 1.807) is 19.3 Å². The average Bonchev–Trinajstić information content (AvgIpc) is 2.91. The predicted octanol–water partition coefficient (Wildman–Crippen LogP) is 6.16. The zero-order valence-corrected chi connectivity index (χ0v) is 21.2. The van der Waals surface area contributed by atoms with Crippen molar-refractivity contribution in [2.75, 3.05) is 11.1 Å². The van der Waals surface area contributed by atoms with Gasteiger partial charge in [-0.05, 0) is 48.1 Å². The lowest BCUT2D eigenvalue weighted by atomic mass is 9.96. The second kappa shape index (κ2) is 10.6. The van der Waals surface area contributed by atoms with E-state index in [1.807, 2.05) is 54.6 Å². The fourth-order valence-electron chi connectivity index (χ4n) is 4.67. The van der Waals surface area contributed by atoms with E-state index in [0.717, 1.165) is 40.4 Å². The molecule has 2 aromatic heterocycles. The lowest BCUT2D eigenvalue weighted by molar-refractivity contribution is 0.461. The van der Waals surface area contributed by atoms with Crippen LogP contribution in [0.4, 0.5) is 5.95 Å². The maximum absolute atomic E-state index is 12.3. The second-order valence-corrected chi connectivity index (χ2v) is 11.5. The van der Waals surface area contributed by atoms with Gasteiger partial charge in [0.1, 0.15) is 5.75 Å². The molecule has 0 aliphatic heterocycles. The number of benzene rings is 2. The van der Waals surface area contributed by atoms with Gasteiger partial charge in [-0.3, -0.25) is 0 Å². The minimum Gasteiger partial charge on any atom is -0.438 e. The number of sulfone groups is 1. The monoisotopic (exact) mass is 502 g/mol. The van der Waals surface area contributed by atoms with Gasteiger partial charge in [0.05, 0.1) is 17.0 Å². The van der Waals surface area contributed by atoms with Crippen molar-refractivity contribution in [3.63, 3.8) is 0 Å². The molecule has 7 nitrogen and oxygen atoms in total. The third-order valence-corrected chi connectivity index (χ3v) is 8.27. The van der Waals surface area contributed by atoms with Crippen molar-refractivity contribution < 1.29 is 13.2 Å². The van der Waals surface area contributed by atoms with E-state index in [-0.39, 0.29) is 11.5 Å². The van der Waals surface area contributed by atoms with Crippen LogP contribution >= 0.6 is 0 Å². The zero-order chi connectivity index (χ0) is 25.0. The zero-order valence-electron chi connectivity index (χ0n) is 20.4. The van der Waals surface area contributed by atoms with E-state index in [0.29, 0.717) is 23.6 Å². The van der Waals surface area contributed by atoms with Gasteiger partial charge < -0.3 is 10.1 Å². The molecule has 36 heavy (non-hydrogen) atoms. The van der Waals surface area contributed by atoms with Gasteiger partial charge in [0, 0.05) is 29.6 Å². The van der Waals surface area contributed by atoms with Crippen LogP contribution in [0.1, 0.15) is 44.6 Å². The third-order valence-electron chi connectivity index (χ3n) is 6.64. The number of nitrogens with one attached hydrogen (secondary N) is 1. The minimum absolute atomic E-state index is 0.00314. The number of hydrogen-bond acceptors (Lipinski definition) is 7. The Labute approximate surface area is 211 Å². The van der Waals surface area contributed by atoms with E-state index >= 15 is 0 Å². The molecule has 8 heteroatoms. The fraction of sp³-hybridized carbons (Fsp3) is 0.321. The Morgan fingerprint density at radius 1 is 0.917 bits per heavy atom. The van der Waals surface area contributed by atoms with E-state index in [9.17, 15) is 8.42 Å². The van der Waals surface area contributed by atoms with Crippen molar-refractivity contribution in [3.05, 3.63) is 72.6 Å². The lowest BCUT2D eigenvalue weighted by Gasteiger charge is -2.22. The van der Waals surface area contributed by atoms with E-state index in [4.69, 9.17) is 9.72 Å². The number of fused-ring (bicyclic) bond motifs is 1. The summed E-state index contributed by atoms with van der Waals surface area (Å²) in [6.45, 7) is 1.67. The van der Waals surface area contributed by atoms with E-state index < -0.39 is 9.84 Å². The summed E-state index contributed by atoms with van der Waals surface area (Å²) in [6.07, 6.45) is 9.47. The molecule has 1 fully saturated rings. The number of rotatable bonds is 8. The highest BCUT2D eigenvalue weighted by Gasteiger charge is 2.18. The third kappa shape index (κ3) is 5.49. The van der Waals surface area contributed by atoms with Crippen LogP contribution in [0.25, 0.3) is 22.0 Å². The molecule has 4 aromatic rings. The molecule has 2 aromatic carbocycles. The highest BCUT2D eigenvalue weighted by Crippen LogP contribution is 2.36. The Kier molecular flexibility index (Phi) is 7.13. The van der Waals surface area contributed by atoms with Gasteiger partial charge in [-0.1, -0.05) is 56.5 Å². The van der Waals surface area contributed by atoms with Crippen molar-refractivity contribution in [2.45, 2.75) is 50.8 Å². The number of nitrogens with zero attached hydrogens (tertiary/aromatic N) is 3. The van der Waals surface area contributed by atoms with E-state index in [1.165, 1.54) is 19.3 Å². The van der Waals surface area contributed by atoms with Crippen molar-refractivity contribution in [1.82, 2.24) is 15.0 Å². The summed E-state index contributed by atoms with van der Waals surface area (Å²) in [5.41, 5.74) is 2.24. The maximum atomic E-state index is 12.3. The molecule has 0 unspecified atom stereocenters. The summed E-state index contributed by atoms with van der Waals surface area (Å²) in [4.78, 5) is 13.7. The van der Waals surface area contributed by atoms with Gasteiger partial charge in [0.2, 0.25) is 11.8 Å². The Morgan fingerprint density at radius 3 is 2.53 bits per heavy atom. The summed E-state index contributed by atoms with van der Waals surface area (Å²) >= 11 is 0. The van der Waals surface area contributed by atoms with E-state index in [2.05, 4.69) is 15.3 Å². The van der Waals surface area contributed by atoms with Crippen LogP contribution in [0.15, 0.2) is 67.0 Å². The van der Waals surface area contributed by atoms with Crippen LogP contribution in [0.2, 0.25) is 0 Å². The minimum atomic E-state index is -3.17. The normalized spacial score (nSPS) is 14.6. The molecule has 1 saturated carbocycles. The SMILES string of the molecule is CCS(=O)(=O)Cc1ccc(Oc2ncccc2-c2ccnc(NC3CCCCC3)n2)c2ccccc12. The van der Waals surface area contributed by atoms with Gasteiger partial charge in [-0.2, -0.15) is 0 Å². The first-order valence-electron chi connectivity index (χ1n) is 12.5. The topological polar surface area (TPSA) is 94.1 Å². The number of pyridine rings is 1. The lowest BCUT2D eigenvalue weighted by Crippen LogP contribution is -2.23. The maximum Gasteiger partial charge on any atom is 0.228 e. The van der Waals surface area contributed by atoms with Crippen LogP contribution in [0.3, 0.4) is 0 Å². The molecule has 1 aliphatic carbocycles. The van der Waals surface area contributed by atoms with Crippen LogP contribution in [0.5, 0.6) is 11.6 Å². The number of hydrogen-bond donors (Lipinski definition) is 1. The average molecular weight is 503 g/mol. The van der Waals surface area contributed by atoms with Crippen molar-refractivity contribution in [3.8, 4) is 22.9 Å². The molecule has 186 valence electrons. The van der Waals surface area contributed by atoms with Crippen molar-refractivity contribution >= 4 is 26.6 Å². The standard InChI is InChI=1S/C28H30N4O3S/c1-2-36(33,34)19-20-14-15-26(23-12-7-6-11-22(20)23)35-27-24(13-8-17-29-27)25-16-18-30-28(32-25)31-21-9-4-3-5-10-21/h6-8,11-18,21H,2-5,9-10,19H2,1H3,(H,30,31,32). The fourth-order valence-corrected chi connectivity index (χ4v) is 5.60. The molecule has 1 N–H and O–H groups in total. The van der Waals surface area contributed by atoms with Gasteiger partial charge in [-0.15, -0.1) is 0 Å². The second-order valence-electron chi connectivity index (χ2n) is 9.15. The highest BCUT2D eigenvalue weighted by molar-refractivity contribution is 7.90. The smallest absolute Gasteiger partial charge is 0.228 e. The molecule has 5 rings (SSSR count). The van der Waals surface area contributed by atoms with Crippen LogP contribution < -0.4 is 10.1 Å². The number of ether oxygens (including phenoxy) is 1. The molecule has 0 atom stereocenters. The molecule has 0 radical (unpaired) electrons. The first kappa shape index (κ1) is 24.2. The molecule has 0 bridgehead atoms. The van der Waals surface area contributed by atoms with Crippen molar-refractivity contribution in [1.29, 1.82) is 0 Å². The molecule has 0 spiro atoms. The number of aromatic nitrogens is 3. The molecule has 0 amide bonds. The first-order chi connectivity index (χ1) is 17.5. The van der Waals surface area contributed by atoms with Gasteiger partial charge in [0.15, 0.2) is 9.84 Å². The Bertz CT molecular complexity index is 1470. The molecule has 0 saturated heterocycles. The quantitative estimate of drug-likeness (QED) is 0.308. The molecule has 2 heterocycles. The molecular formula is C28H30N4O3S. The van der Waals surface area contributed by atoms with Gasteiger partial charge in [-0.25, -0.2) is 23.4 Å². The van der Waals surface area contributed by atoms with Crippen LogP contribution in [0, 0.1) is 0 Å². The predicted molar refractivity (Wildman–Crippen MR) is 143 cm³/mol. The van der Waals surface area contributed by atoms with Crippen LogP contribution in [-0.4, -0.2) is 35.2 Å². The van der Waals surface area contributed by atoms with Crippen molar-refractivity contribution in [2.24, 2.45) is 0 Å². The summed E-state index contributed by atoms with van der Waals surface area (Å²) in [5, 5.41) is 5.17. The Morgan fingerprint density at radius 2 is 1.72 bits per heavy atom. The summed E-state index contributed by atoms with van der Waals surface area (Å²) in [5.74, 6) is 1.75. The molecular weight excluding hydrogens is 472 g/mol. The van der Waals surface area contributed by atoms with Gasteiger partial charge >= 0.3 is 0 Å². The van der Waals surface area contributed by atoms with Crippen LogP contribution in [-0.2, 0) is 15.6 Å². The largest absolute Gasteiger partial charge is 0.438 e. The Balaban J connectivity index is 1.46. The molecule has 1 aliphatic rings. The summed E-state index contributed by atoms with van der Waals surface area (Å²) in [7, 11) is -3.17. The summed E-state index contributed by atoms with van der Waals surface area (Å²) in [6, 6.07) is 17.4. The van der Waals surface area contributed by atoms with Gasteiger partial charge in [0.25, 0.3) is 0 Å². The first-order valence-corrected chi connectivity index (χ1v) is 14.3.